The molecule has 0 saturated carbocycles. The minimum atomic E-state index is -1.17. The summed E-state index contributed by atoms with van der Waals surface area (Å²) in [5.41, 5.74) is 5.68. The molecule has 2 N–H and O–H groups in total. The Labute approximate surface area is 118 Å². The number of rotatable bonds is 5. The fourth-order valence-corrected chi connectivity index (χ4v) is 1.78. The highest BCUT2D eigenvalue weighted by Crippen LogP contribution is 2.21. The Bertz CT molecular complexity index is 590. The fraction of sp³-hybridized carbons (Fsp3) is 0.188. The average molecular weight is 268 g/mol. The Morgan fingerprint density at radius 2 is 1.65 bits per heavy atom. The van der Waals surface area contributed by atoms with E-state index in [9.17, 15) is 5.26 Å². The number of ether oxygens (including phenoxy) is 2. The summed E-state index contributed by atoms with van der Waals surface area (Å²) in [4.78, 5) is 0. The van der Waals surface area contributed by atoms with Gasteiger partial charge in [-0.25, -0.2) is 0 Å². The normalized spacial score (nSPS) is 13.1. The predicted molar refractivity (Wildman–Crippen MR) is 76.4 cm³/mol. The van der Waals surface area contributed by atoms with E-state index in [1.807, 2.05) is 30.3 Å². The van der Waals surface area contributed by atoms with Crippen LogP contribution in [0.2, 0.25) is 0 Å². The van der Waals surface area contributed by atoms with Crippen LogP contribution in [0.3, 0.4) is 0 Å². The van der Waals surface area contributed by atoms with Crippen LogP contribution in [0.25, 0.3) is 0 Å². The second kappa shape index (κ2) is 6.09. The Morgan fingerprint density at radius 3 is 2.20 bits per heavy atom. The third-order valence-corrected chi connectivity index (χ3v) is 3.01. The summed E-state index contributed by atoms with van der Waals surface area (Å²) in [6.07, 6.45) is 0. The molecule has 0 aliphatic carbocycles. The third kappa shape index (κ3) is 3.08. The maximum atomic E-state index is 9.32. The number of hydrogen-bond acceptors (Lipinski definition) is 4. The van der Waals surface area contributed by atoms with Crippen molar-refractivity contribution in [2.24, 2.45) is 5.73 Å². The van der Waals surface area contributed by atoms with Crippen LogP contribution in [-0.4, -0.2) is 13.7 Å². The summed E-state index contributed by atoms with van der Waals surface area (Å²) < 4.78 is 10.7. The average Bonchev–Trinajstić information content (AvgIpc) is 2.54. The van der Waals surface area contributed by atoms with Crippen LogP contribution in [-0.2, 0) is 5.54 Å². The number of nitriles is 1. The van der Waals surface area contributed by atoms with Gasteiger partial charge in [0.15, 0.2) is 5.54 Å². The molecular formula is C16H16N2O2. The fourth-order valence-electron chi connectivity index (χ4n) is 1.78. The number of benzene rings is 2. The smallest absolute Gasteiger partial charge is 0.164 e. The number of hydrogen-bond donors (Lipinski definition) is 1. The van der Waals surface area contributed by atoms with E-state index < -0.39 is 5.54 Å². The molecule has 0 fully saturated rings. The van der Waals surface area contributed by atoms with Crippen LogP contribution in [0.15, 0.2) is 54.6 Å². The molecule has 2 aromatic carbocycles. The summed E-state index contributed by atoms with van der Waals surface area (Å²) in [6.45, 7) is 0.0832. The van der Waals surface area contributed by atoms with Crippen LogP contribution in [0.1, 0.15) is 5.56 Å². The van der Waals surface area contributed by atoms with Gasteiger partial charge in [-0.1, -0.05) is 30.3 Å². The second-order valence-electron chi connectivity index (χ2n) is 4.41. The lowest BCUT2D eigenvalue weighted by atomic mass is 9.94. The Morgan fingerprint density at radius 1 is 1.05 bits per heavy atom. The molecule has 20 heavy (non-hydrogen) atoms. The first-order valence-corrected chi connectivity index (χ1v) is 6.20. The van der Waals surface area contributed by atoms with Crippen molar-refractivity contribution in [3.05, 3.63) is 60.2 Å². The summed E-state index contributed by atoms with van der Waals surface area (Å²) in [7, 11) is 1.60. The molecular weight excluding hydrogens is 252 g/mol. The van der Waals surface area contributed by atoms with Gasteiger partial charge in [0, 0.05) is 0 Å². The largest absolute Gasteiger partial charge is 0.497 e. The minimum Gasteiger partial charge on any atom is -0.497 e. The molecule has 0 heterocycles. The van der Waals surface area contributed by atoms with Gasteiger partial charge in [-0.05, 0) is 29.8 Å². The molecule has 0 aliphatic heterocycles. The quantitative estimate of drug-likeness (QED) is 0.904. The van der Waals surface area contributed by atoms with Crippen LogP contribution in [0.5, 0.6) is 11.5 Å². The van der Waals surface area contributed by atoms with Gasteiger partial charge in [0.1, 0.15) is 18.1 Å². The molecule has 1 atom stereocenters. The minimum absolute atomic E-state index is 0.0832. The lowest BCUT2D eigenvalue weighted by Crippen LogP contribution is -2.41. The van der Waals surface area contributed by atoms with Gasteiger partial charge in [0.25, 0.3) is 0 Å². The van der Waals surface area contributed by atoms with Gasteiger partial charge in [0.2, 0.25) is 0 Å². The van der Waals surface area contributed by atoms with Crippen molar-refractivity contribution >= 4 is 0 Å². The van der Waals surface area contributed by atoms with E-state index >= 15 is 0 Å². The van der Waals surface area contributed by atoms with Gasteiger partial charge < -0.3 is 15.2 Å². The monoisotopic (exact) mass is 268 g/mol. The van der Waals surface area contributed by atoms with E-state index in [2.05, 4.69) is 6.07 Å². The first-order valence-electron chi connectivity index (χ1n) is 6.20. The van der Waals surface area contributed by atoms with Gasteiger partial charge in [0.05, 0.1) is 13.2 Å². The van der Waals surface area contributed by atoms with E-state index in [4.69, 9.17) is 15.2 Å². The first-order chi connectivity index (χ1) is 9.68. The summed E-state index contributed by atoms with van der Waals surface area (Å²) in [5.74, 6) is 1.39. The van der Waals surface area contributed by atoms with E-state index in [1.54, 1.807) is 31.4 Å². The molecule has 4 heteroatoms. The molecule has 0 aromatic heterocycles. The molecule has 0 radical (unpaired) electrons. The third-order valence-electron chi connectivity index (χ3n) is 3.01. The topological polar surface area (TPSA) is 68.3 Å². The van der Waals surface area contributed by atoms with Gasteiger partial charge in [-0.2, -0.15) is 5.26 Å². The molecule has 1 unspecified atom stereocenters. The zero-order chi connectivity index (χ0) is 14.4. The molecule has 4 nitrogen and oxygen atoms in total. The molecule has 0 amide bonds. The first kappa shape index (κ1) is 13.9. The van der Waals surface area contributed by atoms with Crippen molar-refractivity contribution in [1.82, 2.24) is 0 Å². The van der Waals surface area contributed by atoms with Gasteiger partial charge in [-0.15, -0.1) is 0 Å². The summed E-state index contributed by atoms with van der Waals surface area (Å²) >= 11 is 0. The van der Waals surface area contributed by atoms with Crippen molar-refractivity contribution in [3.8, 4) is 17.6 Å². The SMILES string of the molecule is COc1ccc(OCC(N)(C#N)c2ccccc2)cc1. The lowest BCUT2D eigenvalue weighted by molar-refractivity contribution is 0.255. The Hall–Kier alpha value is -2.51. The predicted octanol–water partition coefficient (Wildman–Crippen LogP) is 2.45. The second-order valence-corrected chi connectivity index (χ2v) is 4.41. The van der Waals surface area contributed by atoms with Crippen LogP contribution >= 0.6 is 0 Å². The van der Waals surface area contributed by atoms with Crippen molar-refractivity contribution in [2.75, 3.05) is 13.7 Å². The van der Waals surface area contributed by atoms with Crippen molar-refractivity contribution < 1.29 is 9.47 Å². The Balaban J connectivity index is 2.09. The standard InChI is InChI=1S/C16H16N2O2/c1-19-14-7-9-15(10-8-14)20-12-16(18,11-17)13-5-3-2-4-6-13/h2-10H,12,18H2,1H3. The molecule has 2 rings (SSSR count). The lowest BCUT2D eigenvalue weighted by Gasteiger charge is -2.22. The number of methoxy groups -OCH3 is 1. The summed E-state index contributed by atoms with van der Waals surface area (Å²) in [6, 6.07) is 18.5. The van der Waals surface area contributed by atoms with E-state index in [-0.39, 0.29) is 6.61 Å². The number of nitrogens with zero attached hydrogens (tertiary/aromatic N) is 1. The zero-order valence-electron chi connectivity index (χ0n) is 11.2. The molecule has 2 aromatic rings. The van der Waals surface area contributed by atoms with Crippen LogP contribution in [0.4, 0.5) is 0 Å². The number of nitrogens with two attached hydrogens (primary N) is 1. The highest BCUT2D eigenvalue weighted by atomic mass is 16.5. The molecule has 0 aliphatic rings. The van der Waals surface area contributed by atoms with Gasteiger partial charge >= 0.3 is 0 Å². The highest BCUT2D eigenvalue weighted by molar-refractivity contribution is 5.33. The summed E-state index contributed by atoms with van der Waals surface area (Å²) in [5, 5.41) is 9.32. The van der Waals surface area contributed by atoms with Gasteiger partial charge in [-0.3, -0.25) is 0 Å². The van der Waals surface area contributed by atoms with Crippen molar-refractivity contribution in [1.29, 1.82) is 5.26 Å². The Kier molecular flexibility index (Phi) is 4.24. The zero-order valence-corrected chi connectivity index (χ0v) is 11.2. The van der Waals surface area contributed by atoms with E-state index in [0.717, 1.165) is 11.3 Å². The highest BCUT2D eigenvalue weighted by Gasteiger charge is 2.28. The van der Waals surface area contributed by atoms with Crippen molar-refractivity contribution in [2.45, 2.75) is 5.54 Å². The molecule has 0 spiro atoms. The van der Waals surface area contributed by atoms with E-state index in [1.165, 1.54) is 0 Å². The molecule has 0 bridgehead atoms. The van der Waals surface area contributed by atoms with Crippen molar-refractivity contribution in [3.63, 3.8) is 0 Å². The molecule has 102 valence electrons. The van der Waals surface area contributed by atoms with E-state index in [0.29, 0.717) is 5.75 Å². The molecule has 0 saturated heterocycles. The van der Waals surface area contributed by atoms with Crippen LogP contribution < -0.4 is 15.2 Å². The van der Waals surface area contributed by atoms with Crippen LogP contribution in [0, 0.1) is 11.3 Å². The maximum absolute atomic E-state index is 9.32. The maximum Gasteiger partial charge on any atom is 0.164 e.